The van der Waals surface area contributed by atoms with Crippen LogP contribution in [0.25, 0.3) is 11.0 Å². The predicted molar refractivity (Wildman–Crippen MR) is 87.3 cm³/mol. The molecule has 4 rings (SSSR count). The number of hydrogen-bond donors (Lipinski definition) is 2. The standard InChI is InChI=1S/C15H12BrN5/c16-10-5-3-4-9(8-10)13-19-14(17)20-15-18-11-6-1-2-7-12(11)21(13)15/h1-8,13H,(H3,17,18,19,20)/t13-/m0/s1. The zero-order chi connectivity index (χ0) is 14.4. The molecule has 2 aromatic carbocycles. The average molecular weight is 342 g/mol. The van der Waals surface area contributed by atoms with Crippen molar-refractivity contribution in [1.29, 1.82) is 0 Å². The molecule has 0 saturated heterocycles. The third-order valence-corrected chi connectivity index (χ3v) is 3.98. The Morgan fingerprint density at radius 3 is 2.86 bits per heavy atom. The van der Waals surface area contributed by atoms with Gasteiger partial charge in [0.1, 0.15) is 0 Å². The number of guanidine groups is 1. The highest BCUT2D eigenvalue weighted by Gasteiger charge is 2.24. The Morgan fingerprint density at radius 1 is 1.14 bits per heavy atom. The molecule has 3 aromatic rings. The van der Waals surface area contributed by atoms with E-state index in [-0.39, 0.29) is 6.17 Å². The molecular weight excluding hydrogens is 330 g/mol. The molecule has 2 heterocycles. The van der Waals surface area contributed by atoms with E-state index in [1.165, 1.54) is 0 Å². The molecule has 0 spiro atoms. The zero-order valence-corrected chi connectivity index (χ0v) is 12.6. The molecule has 0 aliphatic carbocycles. The van der Waals surface area contributed by atoms with Crippen molar-refractivity contribution in [3.8, 4) is 0 Å². The molecule has 5 nitrogen and oxygen atoms in total. The number of aromatic nitrogens is 2. The van der Waals surface area contributed by atoms with Crippen molar-refractivity contribution >= 4 is 38.9 Å². The number of benzene rings is 2. The van der Waals surface area contributed by atoms with Crippen LogP contribution in [0, 0.1) is 0 Å². The second-order valence-electron chi connectivity index (χ2n) is 4.86. The maximum atomic E-state index is 5.91. The van der Waals surface area contributed by atoms with Crippen LogP contribution in [0.2, 0.25) is 0 Å². The minimum atomic E-state index is -0.217. The topological polar surface area (TPSA) is 68.2 Å². The first kappa shape index (κ1) is 12.4. The van der Waals surface area contributed by atoms with Crippen molar-refractivity contribution in [2.24, 2.45) is 10.7 Å². The maximum Gasteiger partial charge on any atom is 0.212 e. The van der Waals surface area contributed by atoms with E-state index in [0.717, 1.165) is 21.1 Å². The first-order chi connectivity index (χ1) is 10.2. The van der Waals surface area contributed by atoms with Crippen molar-refractivity contribution in [2.75, 3.05) is 5.32 Å². The van der Waals surface area contributed by atoms with Gasteiger partial charge in [-0.1, -0.05) is 40.2 Å². The predicted octanol–water partition coefficient (Wildman–Crippen LogP) is 3.09. The van der Waals surface area contributed by atoms with Gasteiger partial charge in [0.05, 0.1) is 11.0 Å². The summed E-state index contributed by atoms with van der Waals surface area (Å²) in [7, 11) is 0. The lowest BCUT2D eigenvalue weighted by atomic mass is 10.1. The Balaban J connectivity index is 1.97. The number of nitrogens with two attached hydrogens (primary N) is 1. The van der Waals surface area contributed by atoms with Crippen molar-refractivity contribution in [1.82, 2.24) is 9.55 Å². The lowest BCUT2D eigenvalue weighted by Crippen LogP contribution is -2.31. The van der Waals surface area contributed by atoms with Gasteiger partial charge in [-0.05, 0) is 29.8 Å². The van der Waals surface area contributed by atoms with E-state index in [9.17, 15) is 0 Å². The molecule has 0 fully saturated rings. The lowest BCUT2D eigenvalue weighted by molar-refractivity contribution is 0.626. The molecule has 21 heavy (non-hydrogen) atoms. The van der Waals surface area contributed by atoms with Crippen LogP contribution in [0.3, 0.4) is 0 Å². The summed E-state index contributed by atoms with van der Waals surface area (Å²) in [6.45, 7) is 0. The maximum absolute atomic E-state index is 5.91. The Morgan fingerprint density at radius 2 is 2.00 bits per heavy atom. The van der Waals surface area contributed by atoms with E-state index < -0.39 is 0 Å². The summed E-state index contributed by atoms with van der Waals surface area (Å²) >= 11 is 3.50. The quantitative estimate of drug-likeness (QED) is 0.714. The zero-order valence-electron chi connectivity index (χ0n) is 11.0. The molecule has 1 aliphatic rings. The van der Waals surface area contributed by atoms with Crippen LogP contribution in [0.5, 0.6) is 0 Å². The van der Waals surface area contributed by atoms with Gasteiger partial charge in [0.2, 0.25) is 5.95 Å². The summed E-state index contributed by atoms with van der Waals surface area (Å²) in [4.78, 5) is 9.12. The van der Waals surface area contributed by atoms with Gasteiger partial charge in [0.15, 0.2) is 12.1 Å². The number of imidazole rings is 1. The monoisotopic (exact) mass is 341 g/mol. The molecule has 6 heteroatoms. The molecular formula is C15H12BrN5. The smallest absolute Gasteiger partial charge is 0.212 e. The molecule has 1 aliphatic heterocycles. The van der Waals surface area contributed by atoms with Crippen LogP contribution < -0.4 is 11.1 Å². The van der Waals surface area contributed by atoms with Gasteiger partial charge in [0, 0.05) is 4.47 Å². The van der Waals surface area contributed by atoms with Crippen LogP contribution in [-0.2, 0) is 0 Å². The first-order valence-electron chi connectivity index (χ1n) is 6.55. The largest absolute Gasteiger partial charge is 0.370 e. The summed E-state index contributed by atoms with van der Waals surface area (Å²) in [5.41, 5.74) is 8.92. The summed E-state index contributed by atoms with van der Waals surface area (Å²) in [5, 5.41) is 3.03. The van der Waals surface area contributed by atoms with Crippen LogP contribution in [0.4, 0.5) is 5.95 Å². The van der Waals surface area contributed by atoms with Crippen LogP contribution >= 0.6 is 15.9 Å². The lowest BCUT2D eigenvalue weighted by Gasteiger charge is -2.23. The highest BCUT2D eigenvalue weighted by atomic mass is 79.9. The fraction of sp³-hybridized carbons (Fsp3) is 0.0667. The molecule has 0 radical (unpaired) electrons. The first-order valence-corrected chi connectivity index (χ1v) is 7.34. The molecule has 1 aromatic heterocycles. The van der Waals surface area contributed by atoms with Gasteiger partial charge in [-0.25, -0.2) is 9.98 Å². The van der Waals surface area contributed by atoms with Gasteiger partial charge >= 0.3 is 0 Å². The SMILES string of the molecule is NC1=N[C@H](c2cccc(Br)c2)n2c(nc3ccccc32)N1. The van der Waals surface area contributed by atoms with Crippen molar-refractivity contribution < 1.29 is 0 Å². The molecule has 0 saturated carbocycles. The molecule has 104 valence electrons. The number of halogens is 1. The fourth-order valence-electron chi connectivity index (χ4n) is 2.61. The highest BCUT2D eigenvalue weighted by Crippen LogP contribution is 2.32. The average Bonchev–Trinajstić information content (AvgIpc) is 2.84. The van der Waals surface area contributed by atoms with Crippen molar-refractivity contribution in [2.45, 2.75) is 6.17 Å². The fourth-order valence-corrected chi connectivity index (χ4v) is 3.02. The second-order valence-corrected chi connectivity index (χ2v) is 5.78. The summed E-state index contributed by atoms with van der Waals surface area (Å²) in [6.07, 6.45) is -0.217. The Labute approximate surface area is 129 Å². The van der Waals surface area contributed by atoms with Crippen LogP contribution in [-0.4, -0.2) is 15.5 Å². The number of nitrogens with one attached hydrogen (secondary N) is 1. The van der Waals surface area contributed by atoms with Crippen LogP contribution in [0.1, 0.15) is 11.7 Å². The number of hydrogen-bond acceptors (Lipinski definition) is 4. The summed E-state index contributed by atoms with van der Waals surface area (Å²) < 4.78 is 3.08. The van der Waals surface area contributed by atoms with Gasteiger partial charge in [0.25, 0.3) is 0 Å². The van der Waals surface area contributed by atoms with E-state index in [0.29, 0.717) is 11.9 Å². The molecule has 0 amide bonds. The van der Waals surface area contributed by atoms with Crippen LogP contribution in [0.15, 0.2) is 58.0 Å². The van der Waals surface area contributed by atoms with E-state index in [1.807, 2.05) is 48.5 Å². The number of nitrogens with zero attached hydrogens (tertiary/aromatic N) is 3. The molecule has 0 bridgehead atoms. The third-order valence-electron chi connectivity index (χ3n) is 3.49. The van der Waals surface area contributed by atoms with E-state index in [2.05, 4.69) is 35.8 Å². The summed E-state index contributed by atoms with van der Waals surface area (Å²) in [6, 6.07) is 16.1. The summed E-state index contributed by atoms with van der Waals surface area (Å²) in [5.74, 6) is 1.09. The number of anilines is 1. The Bertz CT molecular complexity index is 867. The third kappa shape index (κ3) is 1.99. The van der Waals surface area contributed by atoms with E-state index in [1.54, 1.807) is 0 Å². The molecule has 3 N–H and O–H groups in total. The van der Waals surface area contributed by atoms with E-state index >= 15 is 0 Å². The van der Waals surface area contributed by atoms with Gasteiger partial charge < -0.3 is 5.73 Å². The van der Waals surface area contributed by atoms with Crippen molar-refractivity contribution in [3.05, 3.63) is 58.6 Å². The molecule has 0 unspecified atom stereocenters. The molecule has 1 atom stereocenters. The van der Waals surface area contributed by atoms with Crippen molar-refractivity contribution in [3.63, 3.8) is 0 Å². The second kappa shape index (κ2) is 4.60. The van der Waals surface area contributed by atoms with E-state index in [4.69, 9.17) is 5.73 Å². The minimum absolute atomic E-state index is 0.217. The number of aliphatic imine (C=N–C) groups is 1. The number of fused-ring (bicyclic) bond motifs is 3. The Kier molecular flexibility index (Phi) is 2.71. The minimum Gasteiger partial charge on any atom is -0.370 e. The Hall–Kier alpha value is -2.34. The van der Waals surface area contributed by atoms with Gasteiger partial charge in [-0.15, -0.1) is 0 Å². The number of rotatable bonds is 1. The highest BCUT2D eigenvalue weighted by molar-refractivity contribution is 9.10. The van der Waals surface area contributed by atoms with Gasteiger partial charge in [-0.2, -0.15) is 0 Å². The van der Waals surface area contributed by atoms with Gasteiger partial charge in [-0.3, -0.25) is 9.88 Å². The number of para-hydroxylation sites is 2. The normalized spacial score (nSPS) is 17.2.